The Hall–Kier alpha value is -2.82. The lowest BCUT2D eigenvalue weighted by molar-refractivity contribution is -0.122. The summed E-state index contributed by atoms with van der Waals surface area (Å²) >= 11 is 0. The van der Waals surface area contributed by atoms with Crippen LogP contribution in [0.25, 0.3) is 0 Å². The molecule has 0 aliphatic carbocycles. The van der Waals surface area contributed by atoms with Crippen molar-refractivity contribution in [2.45, 2.75) is 33.3 Å². The van der Waals surface area contributed by atoms with E-state index in [2.05, 4.69) is 5.32 Å². The minimum atomic E-state index is -0.618. The molecular formula is C20H23NO4. The number of esters is 1. The van der Waals surface area contributed by atoms with E-state index in [4.69, 9.17) is 9.47 Å². The highest BCUT2D eigenvalue weighted by Gasteiger charge is 2.19. The van der Waals surface area contributed by atoms with Crippen LogP contribution in [0.5, 0.6) is 5.75 Å². The number of ether oxygens (including phenoxy) is 2. The summed E-state index contributed by atoms with van der Waals surface area (Å²) < 4.78 is 10.8. The maximum Gasteiger partial charge on any atom is 0.338 e. The number of nitrogens with one attached hydrogen (secondary N) is 1. The number of hydrogen-bond donors (Lipinski definition) is 1. The van der Waals surface area contributed by atoms with Gasteiger partial charge >= 0.3 is 5.97 Å². The number of carbonyl (C=O) groups is 2. The first kappa shape index (κ1) is 18.5. The van der Waals surface area contributed by atoms with Gasteiger partial charge in [0.25, 0.3) is 5.91 Å². The number of benzene rings is 2. The lowest BCUT2D eigenvalue weighted by atomic mass is 10.2. The standard InChI is InChI=1S/C20H23NO4/c1-4-18(25-17-11-6-8-14(3)12-17)19(22)21-16-10-7-9-15(13-16)20(23)24-5-2/h6-13,18H,4-5H2,1-3H3,(H,21,22)/t18-/m0/s1. The van der Waals surface area contributed by atoms with Gasteiger partial charge in [-0.15, -0.1) is 0 Å². The summed E-state index contributed by atoms with van der Waals surface area (Å²) in [6.07, 6.45) is -0.0924. The van der Waals surface area contributed by atoms with E-state index in [-0.39, 0.29) is 5.91 Å². The molecule has 0 spiro atoms. The number of anilines is 1. The smallest absolute Gasteiger partial charge is 0.338 e. The van der Waals surface area contributed by atoms with E-state index in [1.165, 1.54) is 0 Å². The maximum absolute atomic E-state index is 12.5. The third kappa shape index (κ3) is 5.35. The fraction of sp³-hybridized carbons (Fsp3) is 0.300. The third-order valence-electron chi connectivity index (χ3n) is 3.57. The van der Waals surface area contributed by atoms with Crippen LogP contribution < -0.4 is 10.1 Å². The van der Waals surface area contributed by atoms with Crippen LogP contribution in [0, 0.1) is 6.92 Å². The van der Waals surface area contributed by atoms with Gasteiger partial charge in [-0.3, -0.25) is 4.79 Å². The molecule has 0 fully saturated rings. The average molecular weight is 341 g/mol. The topological polar surface area (TPSA) is 64.6 Å². The van der Waals surface area contributed by atoms with E-state index in [1.54, 1.807) is 31.2 Å². The molecule has 0 saturated heterocycles. The van der Waals surface area contributed by atoms with Crippen molar-refractivity contribution >= 4 is 17.6 Å². The number of hydrogen-bond acceptors (Lipinski definition) is 4. The molecule has 0 radical (unpaired) electrons. The Labute approximate surface area is 148 Å². The third-order valence-corrected chi connectivity index (χ3v) is 3.57. The summed E-state index contributed by atoms with van der Waals surface area (Å²) in [7, 11) is 0. The molecule has 0 bridgehead atoms. The maximum atomic E-state index is 12.5. The van der Waals surface area contributed by atoms with Crippen LogP contribution in [0.4, 0.5) is 5.69 Å². The molecule has 2 aromatic carbocycles. The molecule has 0 unspecified atom stereocenters. The lowest BCUT2D eigenvalue weighted by Gasteiger charge is -2.18. The van der Waals surface area contributed by atoms with Crippen molar-refractivity contribution < 1.29 is 19.1 Å². The van der Waals surface area contributed by atoms with Gasteiger partial charge < -0.3 is 14.8 Å². The SMILES string of the molecule is CCOC(=O)c1cccc(NC(=O)[C@H](CC)Oc2cccc(C)c2)c1. The second-order valence-electron chi connectivity index (χ2n) is 5.62. The Morgan fingerprint density at radius 3 is 2.52 bits per heavy atom. The Kier molecular flexibility index (Phi) is 6.57. The quantitative estimate of drug-likeness (QED) is 0.774. The average Bonchev–Trinajstić information content (AvgIpc) is 2.60. The Morgan fingerprint density at radius 2 is 1.84 bits per heavy atom. The lowest BCUT2D eigenvalue weighted by Crippen LogP contribution is -2.32. The van der Waals surface area contributed by atoms with Crippen LogP contribution in [0.2, 0.25) is 0 Å². The van der Waals surface area contributed by atoms with E-state index in [0.29, 0.717) is 30.0 Å². The van der Waals surface area contributed by atoms with Gasteiger partial charge in [-0.25, -0.2) is 4.79 Å². The van der Waals surface area contributed by atoms with Gasteiger partial charge in [-0.2, -0.15) is 0 Å². The van der Waals surface area contributed by atoms with Gasteiger partial charge in [-0.1, -0.05) is 25.1 Å². The van der Waals surface area contributed by atoms with Crippen molar-refractivity contribution in [3.05, 3.63) is 59.7 Å². The molecule has 0 aromatic heterocycles. The van der Waals surface area contributed by atoms with Crippen molar-refractivity contribution in [3.8, 4) is 5.75 Å². The summed E-state index contributed by atoms with van der Waals surface area (Å²) in [6, 6.07) is 14.2. The van der Waals surface area contributed by atoms with E-state index in [9.17, 15) is 9.59 Å². The molecule has 0 aliphatic heterocycles. The molecule has 0 aliphatic rings. The van der Waals surface area contributed by atoms with Crippen LogP contribution >= 0.6 is 0 Å². The second-order valence-corrected chi connectivity index (χ2v) is 5.62. The molecule has 132 valence electrons. The van der Waals surface area contributed by atoms with Crippen molar-refractivity contribution in [1.29, 1.82) is 0 Å². The normalized spacial score (nSPS) is 11.5. The molecule has 25 heavy (non-hydrogen) atoms. The first-order chi connectivity index (χ1) is 12.0. The summed E-state index contributed by atoms with van der Waals surface area (Å²) in [5.41, 5.74) is 1.99. The van der Waals surface area contributed by atoms with Crippen LogP contribution in [-0.2, 0) is 9.53 Å². The highest BCUT2D eigenvalue weighted by atomic mass is 16.5. The largest absolute Gasteiger partial charge is 0.481 e. The van der Waals surface area contributed by atoms with Crippen molar-refractivity contribution in [3.63, 3.8) is 0 Å². The van der Waals surface area contributed by atoms with Crippen molar-refractivity contribution in [2.75, 3.05) is 11.9 Å². The Morgan fingerprint density at radius 1 is 1.08 bits per heavy atom. The van der Waals surface area contributed by atoms with Gasteiger partial charge in [0.2, 0.25) is 0 Å². The molecule has 1 amide bonds. The van der Waals surface area contributed by atoms with Crippen LogP contribution in [0.3, 0.4) is 0 Å². The number of rotatable bonds is 7. The van der Waals surface area contributed by atoms with Gasteiger partial charge in [-0.05, 0) is 56.2 Å². The molecule has 1 atom stereocenters. The number of aryl methyl sites for hydroxylation is 1. The Balaban J connectivity index is 2.06. The number of amides is 1. The zero-order valence-electron chi connectivity index (χ0n) is 14.7. The predicted octanol–water partition coefficient (Wildman–Crippen LogP) is 3.97. The highest BCUT2D eigenvalue weighted by Crippen LogP contribution is 2.17. The Bertz CT molecular complexity index is 742. The summed E-state index contributed by atoms with van der Waals surface area (Å²) in [4.78, 5) is 24.3. The van der Waals surface area contributed by atoms with Crippen molar-refractivity contribution in [2.24, 2.45) is 0 Å². The fourth-order valence-corrected chi connectivity index (χ4v) is 2.34. The van der Waals surface area contributed by atoms with E-state index in [0.717, 1.165) is 5.56 Å². The highest BCUT2D eigenvalue weighted by molar-refractivity contribution is 5.96. The van der Waals surface area contributed by atoms with Gasteiger partial charge in [0, 0.05) is 5.69 Å². The predicted molar refractivity (Wildman–Crippen MR) is 96.9 cm³/mol. The first-order valence-electron chi connectivity index (χ1n) is 8.34. The molecule has 0 saturated carbocycles. The second kappa shape index (κ2) is 8.87. The van der Waals surface area contributed by atoms with E-state index >= 15 is 0 Å². The fourth-order valence-electron chi connectivity index (χ4n) is 2.34. The van der Waals surface area contributed by atoms with E-state index < -0.39 is 12.1 Å². The summed E-state index contributed by atoms with van der Waals surface area (Å²) in [5.74, 6) is -0.0195. The molecule has 2 rings (SSSR count). The monoisotopic (exact) mass is 341 g/mol. The van der Waals surface area contributed by atoms with Crippen LogP contribution in [0.1, 0.15) is 36.2 Å². The molecule has 1 N–H and O–H groups in total. The zero-order chi connectivity index (χ0) is 18.2. The van der Waals surface area contributed by atoms with Gasteiger partial charge in [0.1, 0.15) is 5.75 Å². The van der Waals surface area contributed by atoms with Crippen LogP contribution in [-0.4, -0.2) is 24.6 Å². The molecule has 5 heteroatoms. The molecule has 0 heterocycles. The zero-order valence-corrected chi connectivity index (χ0v) is 14.7. The number of carbonyl (C=O) groups excluding carboxylic acids is 2. The minimum Gasteiger partial charge on any atom is -0.481 e. The summed E-state index contributed by atoms with van der Waals surface area (Å²) in [6.45, 7) is 5.90. The molecule has 5 nitrogen and oxygen atoms in total. The first-order valence-corrected chi connectivity index (χ1v) is 8.34. The van der Waals surface area contributed by atoms with Crippen LogP contribution in [0.15, 0.2) is 48.5 Å². The van der Waals surface area contributed by atoms with Crippen molar-refractivity contribution in [1.82, 2.24) is 0 Å². The molecule has 2 aromatic rings. The van der Waals surface area contributed by atoms with Gasteiger partial charge in [0.15, 0.2) is 6.10 Å². The minimum absolute atomic E-state index is 0.259. The summed E-state index contributed by atoms with van der Waals surface area (Å²) in [5, 5.41) is 2.79. The molecular weight excluding hydrogens is 318 g/mol. The van der Waals surface area contributed by atoms with E-state index in [1.807, 2.05) is 38.1 Å². The van der Waals surface area contributed by atoms with Gasteiger partial charge in [0.05, 0.1) is 12.2 Å².